The second-order valence-electron chi connectivity index (χ2n) is 9.05. The molecule has 2 aromatic rings. The second kappa shape index (κ2) is 14.2. The Morgan fingerprint density at radius 2 is 1.72 bits per heavy atom. The molecule has 1 aliphatic heterocycles. The maximum Gasteiger partial charge on any atom is 0.231 e. The molecule has 1 saturated heterocycles. The number of benzene rings is 2. The molecule has 3 N–H and O–H groups in total. The number of nitrogens with two attached hydrogens (primary N) is 1. The Labute approximate surface area is 214 Å². The maximum absolute atomic E-state index is 13.2. The lowest BCUT2D eigenvalue weighted by Crippen LogP contribution is -2.40. The van der Waals surface area contributed by atoms with Gasteiger partial charge in [-0.15, -0.1) is 0 Å². The minimum Gasteiger partial charge on any atom is -0.493 e. The number of Topliss-reactive ketones (excluding diaryl/α,β-unsaturated/α-hetero) is 1. The molecule has 196 valence electrons. The number of ether oxygens (including phenoxy) is 2. The third-order valence-corrected chi connectivity index (χ3v) is 6.35. The van der Waals surface area contributed by atoms with Crippen LogP contribution in [0.15, 0.2) is 53.5 Å². The van der Waals surface area contributed by atoms with Crippen LogP contribution in [0.1, 0.15) is 37.8 Å². The summed E-state index contributed by atoms with van der Waals surface area (Å²) in [6.07, 6.45) is 3.01. The van der Waals surface area contributed by atoms with Crippen LogP contribution in [0.5, 0.6) is 11.5 Å². The highest BCUT2D eigenvalue weighted by Crippen LogP contribution is 2.27. The van der Waals surface area contributed by atoms with E-state index < -0.39 is 6.04 Å². The number of likely N-dealkylation sites (tertiary alicyclic amines) is 1. The van der Waals surface area contributed by atoms with E-state index >= 15 is 0 Å². The summed E-state index contributed by atoms with van der Waals surface area (Å²) in [5, 5.41) is 2.63. The highest BCUT2D eigenvalue weighted by molar-refractivity contribution is 5.98. The zero-order valence-electron chi connectivity index (χ0n) is 20.8. The fourth-order valence-corrected chi connectivity index (χ4v) is 4.32. The molecule has 0 saturated carbocycles. The molecule has 1 atom stereocenters. The number of nitrogens with one attached hydrogen (secondary N) is 1. The van der Waals surface area contributed by atoms with Crippen molar-refractivity contribution in [2.75, 3.05) is 34.4 Å². The van der Waals surface area contributed by atoms with Crippen molar-refractivity contribution in [3.8, 4) is 11.5 Å². The highest BCUT2D eigenvalue weighted by atomic mass is 16.5. The summed E-state index contributed by atoms with van der Waals surface area (Å²) in [6, 6.07) is 14.4. The van der Waals surface area contributed by atoms with Gasteiger partial charge in [0, 0.05) is 12.8 Å². The van der Waals surface area contributed by atoms with Crippen LogP contribution in [0.3, 0.4) is 0 Å². The number of rotatable bonds is 10. The molecular weight excluding hydrogens is 456 g/mol. The predicted octanol–water partition coefficient (Wildman–Crippen LogP) is 3.23. The number of nitrogens with zero attached hydrogens (tertiary/aromatic N) is 2. The molecule has 2 aromatic carbocycles. The van der Waals surface area contributed by atoms with Gasteiger partial charge in [0.1, 0.15) is 6.04 Å². The lowest BCUT2D eigenvalue weighted by molar-refractivity contribution is -0.122. The van der Waals surface area contributed by atoms with Gasteiger partial charge in [0.15, 0.2) is 23.2 Å². The van der Waals surface area contributed by atoms with Crippen LogP contribution in [0, 0.1) is 5.92 Å². The number of ketones is 1. The predicted molar refractivity (Wildman–Crippen MR) is 144 cm³/mol. The summed E-state index contributed by atoms with van der Waals surface area (Å²) in [5.41, 5.74) is 7.83. The number of piperidine rings is 1. The van der Waals surface area contributed by atoms with Crippen molar-refractivity contribution < 1.29 is 19.1 Å². The Morgan fingerprint density at radius 1 is 1.06 bits per heavy atom. The van der Waals surface area contributed by atoms with E-state index in [1.807, 2.05) is 30.3 Å². The van der Waals surface area contributed by atoms with Gasteiger partial charge in [-0.3, -0.25) is 14.9 Å². The van der Waals surface area contributed by atoms with Crippen LogP contribution in [0.25, 0.3) is 0 Å². The van der Waals surface area contributed by atoms with Crippen molar-refractivity contribution in [3.05, 3.63) is 59.7 Å². The van der Waals surface area contributed by atoms with Crippen LogP contribution in [0.4, 0.5) is 0 Å². The number of amides is 1. The zero-order chi connectivity index (χ0) is 25.2. The third-order valence-electron chi connectivity index (χ3n) is 6.35. The summed E-state index contributed by atoms with van der Waals surface area (Å²) in [4.78, 5) is 32.6. The Kier molecular flexibility index (Phi) is 11.4. The van der Waals surface area contributed by atoms with Gasteiger partial charge in [0.2, 0.25) is 5.91 Å². The Balaban J connectivity index is 0.00000456. The number of hydrogen-bond acceptors (Lipinski definition) is 6. The summed E-state index contributed by atoms with van der Waals surface area (Å²) in [5.74, 6) is 1.17. The van der Waals surface area contributed by atoms with Crippen LogP contribution in [-0.4, -0.2) is 62.9 Å². The largest absolute Gasteiger partial charge is 0.493 e. The number of methoxy groups -OCH3 is 2. The standard InChI is InChI=1S/C27H36N4O4.CH4/c1-31-13-11-20(12-14-31)16-23(32)22(15-19-7-5-4-6-8-19)29-27(28)30-26(33)18-21-9-10-24(34-2)25(17-21)35-3;/h4-10,17,20,22H,11-16,18H2,1-3H3,(H3,28,29,30,33);1H4/t22-;/m1./s1. The first-order valence-corrected chi connectivity index (χ1v) is 12.0. The first kappa shape index (κ1) is 28.8. The Bertz CT molecular complexity index is 1020. The molecule has 1 amide bonds. The first-order valence-electron chi connectivity index (χ1n) is 12.0. The van der Waals surface area contributed by atoms with E-state index in [1.165, 1.54) is 0 Å². The normalized spacial score (nSPS) is 15.5. The number of carbonyl (C=O) groups excluding carboxylic acids is 2. The SMILES string of the molecule is C.COc1ccc(CC(=O)NC(N)=N[C@H](Cc2ccccc2)C(=O)CC2CCN(C)CC2)cc1OC. The van der Waals surface area contributed by atoms with Crippen LogP contribution >= 0.6 is 0 Å². The molecule has 8 nitrogen and oxygen atoms in total. The fourth-order valence-electron chi connectivity index (χ4n) is 4.32. The van der Waals surface area contributed by atoms with Gasteiger partial charge in [-0.2, -0.15) is 0 Å². The smallest absolute Gasteiger partial charge is 0.231 e. The number of carbonyl (C=O) groups is 2. The van der Waals surface area contributed by atoms with Crippen molar-refractivity contribution in [3.63, 3.8) is 0 Å². The maximum atomic E-state index is 13.2. The summed E-state index contributed by atoms with van der Waals surface area (Å²) in [7, 11) is 5.20. The van der Waals surface area contributed by atoms with Crippen molar-refractivity contribution in [1.29, 1.82) is 0 Å². The summed E-state index contributed by atoms with van der Waals surface area (Å²) >= 11 is 0. The molecule has 0 radical (unpaired) electrons. The molecule has 0 bridgehead atoms. The first-order chi connectivity index (χ1) is 16.9. The molecular formula is C28H40N4O4. The van der Waals surface area contributed by atoms with Crippen LogP contribution in [-0.2, 0) is 22.4 Å². The molecule has 1 heterocycles. The molecule has 36 heavy (non-hydrogen) atoms. The molecule has 0 unspecified atom stereocenters. The van der Waals surface area contributed by atoms with E-state index in [-0.39, 0.29) is 31.5 Å². The lowest BCUT2D eigenvalue weighted by atomic mass is 9.89. The van der Waals surface area contributed by atoms with Gasteiger partial charge in [-0.1, -0.05) is 43.8 Å². The highest BCUT2D eigenvalue weighted by Gasteiger charge is 2.25. The molecule has 1 aliphatic rings. The topological polar surface area (TPSA) is 106 Å². The minimum absolute atomic E-state index is 0. The second-order valence-corrected chi connectivity index (χ2v) is 9.05. The van der Waals surface area contributed by atoms with E-state index in [1.54, 1.807) is 32.4 Å². The third kappa shape index (κ3) is 8.68. The zero-order valence-corrected chi connectivity index (χ0v) is 20.8. The quantitative estimate of drug-likeness (QED) is 0.386. The van der Waals surface area contributed by atoms with Crippen molar-refractivity contribution in [1.82, 2.24) is 10.2 Å². The van der Waals surface area contributed by atoms with E-state index in [0.717, 1.165) is 37.1 Å². The molecule has 0 aromatic heterocycles. The fraction of sp³-hybridized carbons (Fsp3) is 0.464. The molecule has 3 rings (SSSR count). The lowest BCUT2D eigenvalue weighted by Gasteiger charge is -2.29. The van der Waals surface area contributed by atoms with Gasteiger partial charge in [-0.25, -0.2) is 4.99 Å². The molecule has 1 fully saturated rings. The van der Waals surface area contributed by atoms with Crippen molar-refractivity contribution in [2.45, 2.75) is 45.6 Å². The van der Waals surface area contributed by atoms with E-state index in [9.17, 15) is 9.59 Å². The minimum atomic E-state index is -0.640. The van der Waals surface area contributed by atoms with Crippen LogP contribution < -0.4 is 20.5 Å². The van der Waals surface area contributed by atoms with E-state index in [0.29, 0.717) is 30.3 Å². The summed E-state index contributed by atoms with van der Waals surface area (Å²) < 4.78 is 10.5. The number of hydrogen-bond donors (Lipinski definition) is 2. The van der Waals surface area contributed by atoms with Gasteiger partial charge in [0.25, 0.3) is 0 Å². The number of guanidine groups is 1. The van der Waals surface area contributed by atoms with Crippen molar-refractivity contribution in [2.24, 2.45) is 16.6 Å². The van der Waals surface area contributed by atoms with Gasteiger partial charge < -0.3 is 20.1 Å². The average Bonchev–Trinajstić information content (AvgIpc) is 2.85. The van der Waals surface area contributed by atoms with Crippen molar-refractivity contribution >= 4 is 17.6 Å². The summed E-state index contributed by atoms with van der Waals surface area (Å²) in [6.45, 7) is 2.00. The van der Waals surface area contributed by atoms with E-state index in [2.05, 4.69) is 22.3 Å². The molecule has 0 spiro atoms. The van der Waals surface area contributed by atoms with Gasteiger partial charge in [-0.05, 0) is 62.2 Å². The van der Waals surface area contributed by atoms with E-state index in [4.69, 9.17) is 15.2 Å². The monoisotopic (exact) mass is 496 g/mol. The molecule has 0 aliphatic carbocycles. The van der Waals surface area contributed by atoms with Gasteiger partial charge in [0.05, 0.1) is 20.6 Å². The van der Waals surface area contributed by atoms with Crippen LogP contribution in [0.2, 0.25) is 0 Å². The number of aliphatic imine (C=N–C) groups is 1. The average molecular weight is 497 g/mol. The Morgan fingerprint density at radius 3 is 2.36 bits per heavy atom. The Hall–Kier alpha value is -3.39. The molecule has 8 heteroatoms. The van der Waals surface area contributed by atoms with Gasteiger partial charge >= 0.3 is 0 Å².